The van der Waals surface area contributed by atoms with E-state index in [1.165, 1.54) is 0 Å². The van der Waals surface area contributed by atoms with Gasteiger partial charge in [0.15, 0.2) is 9.84 Å². The van der Waals surface area contributed by atoms with Crippen LogP contribution in [0, 0.1) is 0 Å². The van der Waals surface area contributed by atoms with Gasteiger partial charge < -0.3 is 15.3 Å². The van der Waals surface area contributed by atoms with Crippen LogP contribution >= 0.6 is 11.6 Å². The van der Waals surface area contributed by atoms with Gasteiger partial charge in [-0.1, -0.05) is 35.9 Å². The normalized spacial score (nSPS) is 11.8. The predicted octanol–water partition coefficient (Wildman–Crippen LogP) is 3.31. The first kappa shape index (κ1) is 19.2. The molecule has 0 radical (unpaired) electrons. The minimum atomic E-state index is -3.47. The molecule has 0 aliphatic rings. The zero-order valence-corrected chi connectivity index (χ0v) is 16.8. The van der Waals surface area contributed by atoms with E-state index in [1.54, 1.807) is 24.4 Å². The Morgan fingerprint density at radius 2 is 1.90 bits per heavy atom. The van der Waals surface area contributed by atoms with Crippen molar-refractivity contribution in [2.24, 2.45) is 0 Å². The molecule has 0 saturated heterocycles. The van der Waals surface area contributed by atoms with Crippen LogP contribution < -0.4 is 10.9 Å². The molecule has 0 atom stereocenters. The van der Waals surface area contributed by atoms with Gasteiger partial charge in [0, 0.05) is 39.9 Å². The summed E-state index contributed by atoms with van der Waals surface area (Å²) in [5, 5.41) is 4.20. The monoisotopic (exact) mass is 429 g/mol. The lowest BCUT2D eigenvalue weighted by Crippen LogP contribution is -2.22. The molecule has 2 aromatic carbocycles. The molecular weight excluding hydrogens is 414 g/mol. The van der Waals surface area contributed by atoms with Crippen LogP contribution in [0.1, 0.15) is 0 Å². The second-order valence-electron chi connectivity index (χ2n) is 6.77. The Hall–Kier alpha value is -3.10. The molecule has 2 heterocycles. The molecule has 29 heavy (non-hydrogen) atoms. The standard InChI is InChI=1S/C20H16ClN3O4S/c1-29(27,28)10-17(25)23-16-7-6-11-8-13(20(26)24-19(11)18(16)21)14-9-22-15-5-3-2-4-12(14)15/h2-9,22H,10H2,1H3,(H,23,25)(H,24,26). The number of nitrogens with one attached hydrogen (secondary N) is 3. The van der Waals surface area contributed by atoms with E-state index in [-0.39, 0.29) is 16.3 Å². The molecule has 4 aromatic rings. The van der Waals surface area contributed by atoms with Gasteiger partial charge in [-0.25, -0.2) is 8.42 Å². The molecule has 0 aliphatic carbocycles. The number of amides is 1. The van der Waals surface area contributed by atoms with E-state index in [0.29, 0.717) is 16.5 Å². The van der Waals surface area contributed by atoms with Gasteiger partial charge in [0.05, 0.1) is 16.2 Å². The fourth-order valence-electron chi connectivity index (χ4n) is 3.26. The number of benzene rings is 2. The number of aromatic nitrogens is 2. The molecule has 0 saturated carbocycles. The minimum Gasteiger partial charge on any atom is -0.361 e. The van der Waals surface area contributed by atoms with Crippen molar-refractivity contribution in [3.8, 4) is 11.1 Å². The average Bonchev–Trinajstić information content (AvgIpc) is 3.06. The number of halogens is 1. The van der Waals surface area contributed by atoms with E-state index in [1.807, 2.05) is 24.3 Å². The Morgan fingerprint density at radius 3 is 2.66 bits per heavy atom. The van der Waals surface area contributed by atoms with Crippen LogP contribution in [0.5, 0.6) is 0 Å². The topological polar surface area (TPSA) is 112 Å². The number of fused-ring (bicyclic) bond motifs is 2. The predicted molar refractivity (Wildman–Crippen MR) is 115 cm³/mol. The van der Waals surface area contributed by atoms with Gasteiger partial charge >= 0.3 is 0 Å². The summed E-state index contributed by atoms with van der Waals surface area (Å²) in [4.78, 5) is 30.6. The first-order chi connectivity index (χ1) is 13.7. The zero-order valence-electron chi connectivity index (χ0n) is 15.2. The van der Waals surface area contributed by atoms with Gasteiger partial charge in [0.25, 0.3) is 5.56 Å². The quantitative estimate of drug-likeness (QED) is 0.462. The largest absolute Gasteiger partial charge is 0.361 e. The molecule has 3 N–H and O–H groups in total. The summed E-state index contributed by atoms with van der Waals surface area (Å²) in [7, 11) is -3.47. The number of aromatic amines is 2. The molecule has 1 amide bonds. The Balaban J connectivity index is 1.78. The molecule has 0 aliphatic heterocycles. The highest BCUT2D eigenvalue weighted by atomic mass is 35.5. The van der Waals surface area contributed by atoms with Crippen molar-refractivity contribution in [1.82, 2.24) is 9.97 Å². The molecular formula is C20H16ClN3O4S. The Bertz CT molecular complexity index is 1440. The maximum absolute atomic E-state index is 12.8. The van der Waals surface area contributed by atoms with Crippen molar-refractivity contribution in [2.45, 2.75) is 0 Å². The number of hydrogen-bond donors (Lipinski definition) is 3. The number of sulfone groups is 1. The van der Waals surface area contributed by atoms with E-state index >= 15 is 0 Å². The van der Waals surface area contributed by atoms with Gasteiger partial charge in [0.1, 0.15) is 5.75 Å². The van der Waals surface area contributed by atoms with Crippen LogP contribution in [0.2, 0.25) is 5.02 Å². The highest BCUT2D eigenvalue weighted by molar-refractivity contribution is 7.91. The number of hydrogen-bond acceptors (Lipinski definition) is 4. The van der Waals surface area contributed by atoms with Crippen molar-refractivity contribution >= 4 is 54.8 Å². The van der Waals surface area contributed by atoms with Crippen LogP contribution in [0.4, 0.5) is 5.69 Å². The second kappa shape index (κ2) is 7.06. The van der Waals surface area contributed by atoms with Gasteiger partial charge in [-0.3, -0.25) is 9.59 Å². The van der Waals surface area contributed by atoms with Crippen LogP contribution in [-0.2, 0) is 14.6 Å². The Morgan fingerprint density at radius 1 is 1.14 bits per heavy atom. The summed E-state index contributed by atoms with van der Waals surface area (Å²) in [6, 6.07) is 12.7. The molecule has 0 fully saturated rings. The third kappa shape index (κ3) is 3.76. The van der Waals surface area contributed by atoms with Crippen molar-refractivity contribution in [2.75, 3.05) is 17.3 Å². The number of carbonyl (C=O) groups is 1. The summed E-state index contributed by atoms with van der Waals surface area (Å²) in [5.41, 5.74) is 2.43. The SMILES string of the molecule is CS(=O)(=O)CC(=O)Nc1ccc2cc(-c3c[nH]c4ccccc34)c(=O)[nH]c2c1Cl. The lowest BCUT2D eigenvalue weighted by molar-refractivity contribution is -0.113. The molecule has 0 bridgehead atoms. The van der Waals surface area contributed by atoms with E-state index in [2.05, 4.69) is 15.3 Å². The van der Waals surface area contributed by atoms with E-state index in [4.69, 9.17) is 11.6 Å². The highest BCUT2D eigenvalue weighted by Crippen LogP contribution is 2.32. The molecule has 7 nitrogen and oxygen atoms in total. The highest BCUT2D eigenvalue weighted by Gasteiger charge is 2.16. The maximum Gasteiger partial charge on any atom is 0.256 e. The average molecular weight is 430 g/mol. The smallest absolute Gasteiger partial charge is 0.256 e. The van der Waals surface area contributed by atoms with Crippen molar-refractivity contribution in [3.05, 3.63) is 64.0 Å². The third-order valence-corrected chi connectivity index (χ3v) is 5.68. The lowest BCUT2D eigenvalue weighted by atomic mass is 10.0. The number of anilines is 1. The Labute approximate surface area is 170 Å². The third-order valence-electron chi connectivity index (χ3n) is 4.50. The first-order valence-corrected chi connectivity index (χ1v) is 11.1. The fraction of sp³-hybridized carbons (Fsp3) is 0.100. The molecule has 4 rings (SSSR count). The van der Waals surface area contributed by atoms with E-state index in [9.17, 15) is 18.0 Å². The maximum atomic E-state index is 12.8. The van der Waals surface area contributed by atoms with Crippen LogP contribution in [-0.4, -0.2) is 36.3 Å². The minimum absolute atomic E-state index is 0.131. The number of rotatable bonds is 4. The van der Waals surface area contributed by atoms with Crippen LogP contribution in [0.3, 0.4) is 0 Å². The van der Waals surface area contributed by atoms with Crippen LogP contribution in [0.25, 0.3) is 32.9 Å². The number of H-pyrrole nitrogens is 2. The first-order valence-electron chi connectivity index (χ1n) is 8.62. The van der Waals surface area contributed by atoms with Gasteiger partial charge in [0.2, 0.25) is 5.91 Å². The van der Waals surface area contributed by atoms with Gasteiger partial charge in [-0.2, -0.15) is 0 Å². The van der Waals surface area contributed by atoms with Gasteiger partial charge in [-0.15, -0.1) is 0 Å². The van der Waals surface area contributed by atoms with Gasteiger partial charge in [-0.05, 0) is 18.2 Å². The number of para-hydroxylation sites is 1. The number of pyridine rings is 1. The second-order valence-corrected chi connectivity index (χ2v) is 9.29. The van der Waals surface area contributed by atoms with E-state index in [0.717, 1.165) is 22.7 Å². The summed E-state index contributed by atoms with van der Waals surface area (Å²) in [6.45, 7) is 0. The molecule has 2 aromatic heterocycles. The van der Waals surface area contributed by atoms with Crippen molar-refractivity contribution < 1.29 is 13.2 Å². The fourth-order valence-corrected chi connectivity index (χ4v) is 4.07. The van der Waals surface area contributed by atoms with Crippen molar-refractivity contribution in [1.29, 1.82) is 0 Å². The summed E-state index contributed by atoms with van der Waals surface area (Å²) >= 11 is 6.36. The number of carbonyl (C=O) groups excluding carboxylic acids is 1. The molecule has 148 valence electrons. The molecule has 9 heteroatoms. The summed E-state index contributed by atoms with van der Waals surface area (Å²) < 4.78 is 22.5. The Kier molecular flexibility index (Phi) is 4.68. The summed E-state index contributed by atoms with van der Waals surface area (Å²) in [6.07, 6.45) is 2.75. The van der Waals surface area contributed by atoms with Crippen LogP contribution in [0.15, 0.2) is 53.5 Å². The molecule has 0 spiro atoms. The molecule has 0 unspecified atom stereocenters. The van der Waals surface area contributed by atoms with Crippen molar-refractivity contribution in [3.63, 3.8) is 0 Å². The summed E-state index contributed by atoms with van der Waals surface area (Å²) in [5.74, 6) is -1.36. The van der Waals surface area contributed by atoms with E-state index < -0.39 is 21.5 Å². The zero-order chi connectivity index (χ0) is 20.8. The lowest BCUT2D eigenvalue weighted by Gasteiger charge is -2.10.